The molecule has 0 aliphatic heterocycles. The van der Waals surface area contributed by atoms with Crippen LogP contribution in [0.3, 0.4) is 0 Å². The summed E-state index contributed by atoms with van der Waals surface area (Å²) in [6.45, 7) is 1.58. The van der Waals surface area contributed by atoms with E-state index in [0.717, 1.165) is 30.3 Å². The van der Waals surface area contributed by atoms with Crippen LogP contribution in [0.25, 0.3) is 0 Å². The standard InChI is InChI=1S/C18H13F3N2O5S/c1-10(29-2)27-17(24)14-8-13(4-5-15(14)23(25)26)28-16-6-3-12(18(19,20)21)7-11(16)9-22/h3-8,10H,1-2H3/t10-/m0/s1. The maximum atomic E-state index is 12.8. The van der Waals surface area contributed by atoms with E-state index in [1.54, 1.807) is 19.2 Å². The van der Waals surface area contributed by atoms with Gasteiger partial charge in [0.2, 0.25) is 0 Å². The van der Waals surface area contributed by atoms with Crippen molar-refractivity contribution in [2.24, 2.45) is 0 Å². The number of halogens is 3. The van der Waals surface area contributed by atoms with Crippen LogP contribution in [0.15, 0.2) is 36.4 Å². The van der Waals surface area contributed by atoms with E-state index in [2.05, 4.69) is 0 Å². The number of carbonyl (C=O) groups excluding carboxylic acids is 1. The van der Waals surface area contributed by atoms with Crippen LogP contribution in [0.4, 0.5) is 18.9 Å². The number of nitro benzene ring substituents is 1. The third-order valence-corrected chi connectivity index (χ3v) is 4.40. The van der Waals surface area contributed by atoms with Gasteiger partial charge in [0, 0.05) is 12.1 Å². The Morgan fingerprint density at radius 2 is 1.97 bits per heavy atom. The fourth-order valence-electron chi connectivity index (χ4n) is 2.17. The first-order valence-electron chi connectivity index (χ1n) is 7.88. The molecule has 0 saturated heterocycles. The Kier molecular flexibility index (Phi) is 6.71. The third kappa shape index (κ3) is 5.39. The highest BCUT2D eigenvalue weighted by Gasteiger charge is 2.31. The van der Waals surface area contributed by atoms with Crippen molar-refractivity contribution in [3.63, 3.8) is 0 Å². The molecule has 152 valence electrons. The molecule has 1 atom stereocenters. The number of carbonyl (C=O) groups is 1. The second-order valence-corrected chi connectivity index (χ2v) is 6.70. The number of benzene rings is 2. The molecule has 0 N–H and O–H groups in total. The van der Waals surface area contributed by atoms with Crippen molar-refractivity contribution in [1.29, 1.82) is 5.26 Å². The van der Waals surface area contributed by atoms with Crippen molar-refractivity contribution >= 4 is 23.4 Å². The van der Waals surface area contributed by atoms with Gasteiger partial charge in [-0.25, -0.2) is 4.79 Å². The highest BCUT2D eigenvalue weighted by Crippen LogP contribution is 2.35. The van der Waals surface area contributed by atoms with Crippen molar-refractivity contribution in [1.82, 2.24) is 0 Å². The number of hydrogen-bond acceptors (Lipinski definition) is 7. The van der Waals surface area contributed by atoms with Crippen LogP contribution in [0.5, 0.6) is 11.5 Å². The molecule has 0 fully saturated rings. The van der Waals surface area contributed by atoms with Gasteiger partial charge in [0.15, 0.2) is 0 Å². The summed E-state index contributed by atoms with van der Waals surface area (Å²) in [4.78, 5) is 22.7. The van der Waals surface area contributed by atoms with Gasteiger partial charge in [-0.3, -0.25) is 10.1 Å². The lowest BCUT2D eigenvalue weighted by atomic mass is 10.1. The zero-order valence-corrected chi connectivity index (χ0v) is 15.8. The number of hydrogen-bond donors (Lipinski definition) is 0. The molecule has 0 saturated carbocycles. The molecular weight excluding hydrogens is 413 g/mol. The lowest BCUT2D eigenvalue weighted by Gasteiger charge is -2.13. The van der Waals surface area contributed by atoms with Crippen molar-refractivity contribution in [2.75, 3.05) is 6.26 Å². The van der Waals surface area contributed by atoms with Gasteiger partial charge in [-0.1, -0.05) is 0 Å². The van der Waals surface area contributed by atoms with Gasteiger partial charge < -0.3 is 9.47 Å². The van der Waals surface area contributed by atoms with Crippen LogP contribution < -0.4 is 4.74 Å². The molecule has 7 nitrogen and oxygen atoms in total. The minimum Gasteiger partial charge on any atom is -0.456 e. The van der Waals surface area contributed by atoms with E-state index in [9.17, 15) is 28.1 Å². The normalized spacial score (nSPS) is 12.0. The number of ether oxygens (including phenoxy) is 2. The molecule has 0 aromatic heterocycles. The largest absolute Gasteiger partial charge is 0.456 e. The molecule has 2 rings (SSSR count). The van der Waals surface area contributed by atoms with Gasteiger partial charge in [0.05, 0.1) is 16.1 Å². The smallest absolute Gasteiger partial charge is 0.416 e. The Labute approximate surface area is 167 Å². The quantitative estimate of drug-likeness (QED) is 0.273. The van der Waals surface area contributed by atoms with Crippen molar-refractivity contribution < 1.29 is 32.4 Å². The second kappa shape index (κ2) is 8.83. The average molecular weight is 426 g/mol. The number of nitro groups is 1. The molecule has 0 aliphatic rings. The fourth-order valence-corrected chi connectivity index (χ4v) is 2.36. The monoisotopic (exact) mass is 426 g/mol. The molecular formula is C18H13F3N2O5S. The Hall–Kier alpha value is -3.26. The molecule has 2 aromatic rings. The van der Waals surface area contributed by atoms with Crippen molar-refractivity contribution in [3.8, 4) is 17.6 Å². The van der Waals surface area contributed by atoms with E-state index in [1.807, 2.05) is 0 Å². The summed E-state index contributed by atoms with van der Waals surface area (Å²) >= 11 is 1.20. The Morgan fingerprint density at radius 1 is 1.28 bits per heavy atom. The minimum absolute atomic E-state index is 0.0874. The number of nitrogens with zero attached hydrogens (tertiary/aromatic N) is 2. The number of alkyl halides is 3. The Balaban J connectivity index is 2.42. The lowest BCUT2D eigenvalue weighted by molar-refractivity contribution is -0.385. The molecule has 0 aliphatic carbocycles. The summed E-state index contributed by atoms with van der Waals surface area (Å²) in [6, 6.07) is 7.11. The van der Waals surface area contributed by atoms with Gasteiger partial charge >= 0.3 is 12.1 Å². The zero-order chi connectivity index (χ0) is 21.8. The topological polar surface area (TPSA) is 102 Å². The summed E-state index contributed by atoms with van der Waals surface area (Å²) in [7, 11) is 0. The Bertz CT molecular complexity index is 988. The minimum atomic E-state index is -4.64. The average Bonchev–Trinajstić information content (AvgIpc) is 2.66. The van der Waals surface area contributed by atoms with E-state index in [-0.39, 0.29) is 17.1 Å². The van der Waals surface area contributed by atoms with Gasteiger partial charge in [0.25, 0.3) is 5.69 Å². The third-order valence-electron chi connectivity index (χ3n) is 3.64. The van der Waals surface area contributed by atoms with Crippen LogP contribution in [-0.2, 0) is 10.9 Å². The predicted octanol–water partition coefficient (Wildman–Crippen LogP) is 5.14. The van der Waals surface area contributed by atoms with E-state index >= 15 is 0 Å². The van der Waals surface area contributed by atoms with Gasteiger partial charge in [-0.2, -0.15) is 18.4 Å². The van der Waals surface area contributed by atoms with Crippen LogP contribution >= 0.6 is 11.8 Å². The summed E-state index contributed by atoms with van der Waals surface area (Å²) in [6.07, 6.45) is -2.96. The van der Waals surface area contributed by atoms with Crippen molar-refractivity contribution in [2.45, 2.75) is 18.5 Å². The Morgan fingerprint density at radius 3 is 2.52 bits per heavy atom. The molecule has 0 radical (unpaired) electrons. The summed E-state index contributed by atoms with van der Waals surface area (Å²) < 4.78 is 48.8. The molecule has 11 heteroatoms. The lowest BCUT2D eigenvalue weighted by Crippen LogP contribution is -2.13. The number of rotatable bonds is 6. The first kappa shape index (κ1) is 22.0. The van der Waals surface area contributed by atoms with Gasteiger partial charge in [-0.15, -0.1) is 11.8 Å². The van der Waals surface area contributed by atoms with E-state index in [4.69, 9.17) is 14.7 Å². The second-order valence-electron chi connectivity index (χ2n) is 5.57. The summed E-state index contributed by atoms with van der Waals surface area (Å²) in [5.41, 5.74) is -2.90. The molecule has 0 spiro atoms. The summed E-state index contributed by atoms with van der Waals surface area (Å²) in [5, 5.41) is 20.3. The molecule has 2 aromatic carbocycles. The van der Waals surface area contributed by atoms with Crippen LogP contribution in [0.1, 0.15) is 28.4 Å². The maximum absolute atomic E-state index is 12.8. The highest BCUT2D eigenvalue weighted by atomic mass is 32.2. The van der Waals surface area contributed by atoms with E-state index in [1.165, 1.54) is 11.8 Å². The maximum Gasteiger partial charge on any atom is 0.416 e. The number of esters is 1. The number of nitriles is 1. The van der Waals surface area contributed by atoms with E-state index in [0.29, 0.717) is 6.07 Å². The first-order chi connectivity index (χ1) is 13.6. The molecule has 0 unspecified atom stereocenters. The van der Waals surface area contributed by atoms with Gasteiger partial charge in [0.1, 0.15) is 28.6 Å². The van der Waals surface area contributed by atoms with Crippen LogP contribution in [0.2, 0.25) is 0 Å². The number of thioether (sulfide) groups is 1. The molecule has 0 heterocycles. The van der Waals surface area contributed by atoms with Crippen LogP contribution in [0, 0.1) is 21.4 Å². The highest BCUT2D eigenvalue weighted by molar-refractivity contribution is 7.99. The molecule has 0 amide bonds. The predicted molar refractivity (Wildman–Crippen MR) is 97.7 cm³/mol. The molecule has 0 bridgehead atoms. The molecule has 29 heavy (non-hydrogen) atoms. The van der Waals surface area contributed by atoms with Crippen molar-refractivity contribution in [3.05, 3.63) is 63.2 Å². The van der Waals surface area contributed by atoms with Crippen LogP contribution in [-0.4, -0.2) is 22.6 Å². The first-order valence-corrected chi connectivity index (χ1v) is 9.17. The SMILES string of the molecule is CS[C@@H](C)OC(=O)c1cc(Oc2ccc(C(F)(F)F)cc2C#N)ccc1[N+](=O)[O-]. The van der Waals surface area contributed by atoms with Gasteiger partial charge in [-0.05, 0) is 37.4 Å². The summed E-state index contributed by atoms with van der Waals surface area (Å²) in [5.74, 6) is -1.25. The van der Waals surface area contributed by atoms with E-state index < -0.39 is 39.3 Å². The fraction of sp³-hybridized carbons (Fsp3) is 0.222. The zero-order valence-electron chi connectivity index (χ0n) is 15.0.